The molecule has 5 nitrogen and oxygen atoms in total. The molecule has 1 aliphatic heterocycles. The average molecular weight is 271 g/mol. The van der Waals surface area contributed by atoms with E-state index in [1.807, 2.05) is 0 Å². The van der Waals surface area contributed by atoms with Crippen LogP contribution in [0.15, 0.2) is 4.99 Å². The molecular weight excluding hydrogens is 242 g/mol. The molecule has 0 spiro atoms. The number of guanidine groups is 1. The van der Waals surface area contributed by atoms with E-state index < -0.39 is 0 Å². The number of aliphatic hydroxyl groups excluding tert-OH is 1. The molecule has 0 aliphatic carbocycles. The number of rotatable bonds is 7. The van der Waals surface area contributed by atoms with E-state index in [2.05, 4.69) is 36.4 Å². The maximum atomic E-state index is 9.20. The Morgan fingerprint density at radius 2 is 2.21 bits per heavy atom. The summed E-state index contributed by atoms with van der Waals surface area (Å²) in [4.78, 5) is 4.66. The maximum Gasteiger partial charge on any atom is 0.191 e. The molecule has 0 aromatic rings. The Kier molecular flexibility index (Phi) is 7.16. The molecule has 0 aromatic heterocycles. The van der Waals surface area contributed by atoms with Gasteiger partial charge >= 0.3 is 0 Å². The SMILES string of the molecule is CCNC(=NCC1(CCO)CCOC1)NCC(C)C. The van der Waals surface area contributed by atoms with Crippen LogP contribution in [0.5, 0.6) is 0 Å². The molecule has 1 heterocycles. The zero-order valence-electron chi connectivity index (χ0n) is 12.5. The molecule has 1 fully saturated rings. The van der Waals surface area contributed by atoms with Gasteiger partial charge < -0.3 is 20.5 Å². The van der Waals surface area contributed by atoms with Gasteiger partial charge in [0.2, 0.25) is 0 Å². The number of nitrogens with one attached hydrogen (secondary N) is 2. The standard InChI is InChI=1S/C14H29N3O2/c1-4-15-13(16-9-12(2)3)17-10-14(5-7-18)6-8-19-11-14/h12,18H,4-11H2,1-3H3,(H2,15,16,17). The second-order valence-corrected chi connectivity index (χ2v) is 5.75. The Bertz CT molecular complexity index is 274. The minimum atomic E-state index is 0.0228. The summed E-state index contributed by atoms with van der Waals surface area (Å²) in [5.41, 5.74) is 0.0228. The molecule has 112 valence electrons. The third kappa shape index (κ3) is 5.78. The number of aliphatic hydroxyl groups is 1. The molecule has 1 unspecified atom stereocenters. The van der Waals surface area contributed by atoms with Gasteiger partial charge in [0.05, 0.1) is 13.2 Å². The van der Waals surface area contributed by atoms with Crippen molar-refractivity contribution in [3.05, 3.63) is 0 Å². The number of ether oxygens (including phenoxy) is 1. The van der Waals surface area contributed by atoms with Crippen molar-refractivity contribution in [1.82, 2.24) is 10.6 Å². The molecule has 1 rings (SSSR count). The lowest BCUT2D eigenvalue weighted by Crippen LogP contribution is -2.40. The fourth-order valence-electron chi connectivity index (χ4n) is 2.18. The molecule has 3 N–H and O–H groups in total. The van der Waals surface area contributed by atoms with E-state index in [9.17, 15) is 5.11 Å². The fraction of sp³-hybridized carbons (Fsp3) is 0.929. The van der Waals surface area contributed by atoms with Crippen LogP contribution in [0.2, 0.25) is 0 Å². The van der Waals surface area contributed by atoms with Crippen molar-refractivity contribution in [2.24, 2.45) is 16.3 Å². The van der Waals surface area contributed by atoms with Crippen LogP contribution in [0.25, 0.3) is 0 Å². The second-order valence-electron chi connectivity index (χ2n) is 5.75. The number of hydrogen-bond donors (Lipinski definition) is 3. The largest absolute Gasteiger partial charge is 0.396 e. The van der Waals surface area contributed by atoms with Gasteiger partial charge in [0, 0.05) is 31.7 Å². The Hall–Kier alpha value is -0.810. The maximum absolute atomic E-state index is 9.20. The summed E-state index contributed by atoms with van der Waals surface area (Å²) >= 11 is 0. The zero-order chi connectivity index (χ0) is 14.1. The van der Waals surface area contributed by atoms with Gasteiger partial charge in [-0.3, -0.25) is 4.99 Å². The van der Waals surface area contributed by atoms with E-state index in [4.69, 9.17) is 4.74 Å². The van der Waals surface area contributed by atoms with Crippen LogP contribution < -0.4 is 10.6 Å². The monoisotopic (exact) mass is 271 g/mol. The summed E-state index contributed by atoms with van der Waals surface area (Å²) in [5, 5.41) is 15.8. The van der Waals surface area contributed by atoms with Crippen molar-refractivity contribution in [2.45, 2.75) is 33.6 Å². The highest BCUT2D eigenvalue weighted by atomic mass is 16.5. The first-order chi connectivity index (χ1) is 9.12. The van der Waals surface area contributed by atoms with Gasteiger partial charge in [-0.1, -0.05) is 13.8 Å². The topological polar surface area (TPSA) is 65.9 Å². The fourth-order valence-corrected chi connectivity index (χ4v) is 2.18. The average Bonchev–Trinajstić information content (AvgIpc) is 2.82. The van der Waals surface area contributed by atoms with E-state index in [-0.39, 0.29) is 12.0 Å². The minimum absolute atomic E-state index is 0.0228. The molecule has 0 radical (unpaired) electrons. The normalized spacial score (nSPS) is 23.9. The highest BCUT2D eigenvalue weighted by Gasteiger charge is 2.34. The van der Waals surface area contributed by atoms with E-state index in [0.717, 1.165) is 38.5 Å². The Morgan fingerprint density at radius 1 is 1.42 bits per heavy atom. The van der Waals surface area contributed by atoms with Crippen molar-refractivity contribution in [1.29, 1.82) is 0 Å². The van der Waals surface area contributed by atoms with Crippen LogP contribution in [0.1, 0.15) is 33.6 Å². The molecule has 0 bridgehead atoms. The van der Waals surface area contributed by atoms with Gasteiger partial charge in [-0.25, -0.2) is 0 Å². The first-order valence-electron chi connectivity index (χ1n) is 7.32. The highest BCUT2D eigenvalue weighted by Crippen LogP contribution is 2.32. The lowest BCUT2D eigenvalue weighted by atomic mass is 9.84. The van der Waals surface area contributed by atoms with Crippen LogP contribution in [0.4, 0.5) is 0 Å². The van der Waals surface area contributed by atoms with E-state index in [1.165, 1.54) is 0 Å². The summed E-state index contributed by atoms with van der Waals surface area (Å²) in [5.74, 6) is 1.45. The van der Waals surface area contributed by atoms with Gasteiger partial charge in [0.1, 0.15) is 0 Å². The summed E-state index contributed by atoms with van der Waals surface area (Å²) in [6, 6.07) is 0. The number of nitrogens with zero attached hydrogens (tertiary/aromatic N) is 1. The summed E-state index contributed by atoms with van der Waals surface area (Å²) in [6.07, 6.45) is 1.75. The van der Waals surface area contributed by atoms with Crippen molar-refractivity contribution < 1.29 is 9.84 Å². The number of hydrogen-bond acceptors (Lipinski definition) is 3. The predicted octanol–water partition coefficient (Wildman–Crippen LogP) is 0.987. The first kappa shape index (κ1) is 16.2. The molecule has 5 heteroatoms. The molecule has 0 saturated carbocycles. The Balaban J connectivity index is 2.56. The lowest BCUT2D eigenvalue weighted by Gasteiger charge is -2.25. The van der Waals surface area contributed by atoms with E-state index >= 15 is 0 Å². The Labute approximate surface area is 116 Å². The van der Waals surface area contributed by atoms with Crippen LogP contribution in [0, 0.1) is 11.3 Å². The van der Waals surface area contributed by atoms with Gasteiger partial charge in [0.25, 0.3) is 0 Å². The van der Waals surface area contributed by atoms with Gasteiger partial charge in [-0.15, -0.1) is 0 Å². The van der Waals surface area contributed by atoms with Crippen molar-refractivity contribution in [3.63, 3.8) is 0 Å². The molecule has 0 aromatic carbocycles. The lowest BCUT2D eigenvalue weighted by molar-refractivity contribution is 0.131. The highest BCUT2D eigenvalue weighted by molar-refractivity contribution is 5.79. The van der Waals surface area contributed by atoms with Crippen molar-refractivity contribution >= 4 is 5.96 Å². The third-order valence-electron chi connectivity index (χ3n) is 3.42. The van der Waals surface area contributed by atoms with Crippen LogP contribution in [-0.2, 0) is 4.74 Å². The smallest absolute Gasteiger partial charge is 0.191 e. The van der Waals surface area contributed by atoms with Gasteiger partial charge in [-0.05, 0) is 25.7 Å². The summed E-state index contributed by atoms with van der Waals surface area (Å²) in [6.45, 7) is 10.6. The Morgan fingerprint density at radius 3 is 2.74 bits per heavy atom. The van der Waals surface area contributed by atoms with Crippen LogP contribution in [-0.4, -0.2) is 50.5 Å². The van der Waals surface area contributed by atoms with Crippen molar-refractivity contribution in [2.75, 3.05) is 39.5 Å². The summed E-state index contributed by atoms with van der Waals surface area (Å²) < 4.78 is 5.48. The molecule has 0 amide bonds. The predicted molar refractivity (Wildman–Crippen MR) is 78.4 cm³/mol. The summed E-state index contributed by atoms with van der Waals surface area (Å²) in [7, 11) is 0. The molecular formula is C14H29N3O2. The first-order valence-corrected chi connectivity index (χ1v) is 7.32. The molecule has 1 saturated heterocycles. The second kappa shape index (κ2) is 8.38. The van der Waals surface area contributed by atoms with E-state index in [1.54, 1.807) is 0 Å². The van der Waals surface area contributed by atoms with Crippen LogP contribution in [0.3, 0.4) is 0 Å². The third-order valence-corrected chi connectivity index (χ3v) is 3.42. The quantitative estimate of drug-likeness (QED) is 0.477. The van der Waals surface area contributed by atoms with Crippen molar-refractivity contribution in [3.8, 4) is 0 Å². The van der Waals surface area contributed by atoms with Gasteiger partial charge in [-0.2, -0.15) is 0 Å². The molecule has 1 atom stereocenters. The molecule has 1 aliphatic rings. The molecule has 19 heavy (non-hydrogen) atoms. The van der Waals surface area contributed by atoms with Crippen LogP contribution >= 0.6 is 0 Å². The van der Waals surface area contributed by atoms with E-state index in [0.29, 0.717) is 19.1 Å². The minimum Gasteiger partial charge on any atom is -0.396 e. The zero-order valence-corrected chi connectivity index (χ0v) is 12.5. The number of aliphatic imine (C=N–C) groups is 1. The van der Waals surface area contributed by atoms with Gasteiger partial charge in [0.15, 0.2) is 5.96 Å².